The largest absolute Gasteiger partial charge is 0.439 e. The summed E-state index contributed by atoms with van der Waals surface area (Å²) in [6, 6.07) is 5.77. The van der Waals surface area contributed by atoms with Crippen molar-refractivity contribution in [3.8, 4) is 11.3 Å². The van der Waals surface area contributed by atoms with E-state index in [1.54, 1.807) is 6.20 Å². The molecule has 18 heavy (non-hydrogen) atoms. The summed E-state index contributed by atoms with van der Waals surface area (Å²) in [6.45, 7) is 4.94. The maximum Gasteiger partial charge on any atom is 0.211 e. The number of oxazole rings is 1. The lowest BCUT2D eigenvalue weighted by Crippen LogP contribution is -2.17. The molecule has 0 amide bonds. The van der Waals surface area contributed by atoms with E-state index in [0.717, 1.165) is 16.6 Å². The van der Waals surface area contributed by atoms with Gasteiger partial charge < -0.3 is 9.73 Å². The molecule has 0 aliphatic rings. The Morgan fingerprint density at radius 1 is 1.50 bits per heavy atom. The second kappa shape index (κ2) is 5.87. The predicted octanol–water partition coefficient (Wildman–Crippen LogP) is 4.43. The van der Waals surface area contributed by atoms with Crippen molar-refractivity contribution < 1.29 is 4.42 Å². The van der Waals surface area contributed by atoms with Crippen molar-refractivity contribution in [2.75, 3.05) is 6.54 Å². The van der Waals surface area contributed by atoms with Gasteiger partial charge in [-0.15, -0.1) is 0 Å². The quantitative estimate of drug-likeness (QED) is 0.902. The van der Waals surface area contributed by atoms with Crippen molar-refractivity contribution in [1.82, 2.24) is 10.3 Å². The Labute approximate surface area is 120 Å². The van der Waals surface area contributed by atoms with Gasteiger partial charge in [0.05, 0.1) is 17.3 Å². The molecule has 0 aliphatic heterocycles. The van der Waals surface area contributed by atoms with Crippen molar-refractivity contribution >= 4 is 27.5 Å². The number of nitrogens with one attached hydrogen (secondary N) is 1. The van der Waals surface area contributed by atoms with Gasteiger partial charge in [-0.25, -0.2) is 4.98 Å². The molecule has 1 aromatic carbocycles. The standard InChI is InChI=1S/C13H14BrClN2O/c1-3-16-8(2)13-17-7-12(18-13)10-5-4-9(14)6-11(10)15/h4-8,16H,3H2,1-2H3. The maximum atomic E-state index is 6.18. The van der Waals surface area contributed by atoms with Crippen LogP contribution in [0.3, 0.4) is 0 Å². The van der Waals surface area contributed by atoms with Gasteiger partial charge in [0.25, 0.3) is 0 Å². The summed E-state index contributed by atoms with van der Waals surface area (Å²) < 4.78 is 6.67. The van der Waals surface area contributed by atoms with Crippen LogP contribution >= 0.6 is 27.5 Å². The second-order valence-electron chi connectivity index (χ2n) is 3.97. The Morgan fingerprint density at radius 3 is 2.94 bits per heavy atom. The van der Waals surface area contributed by atoms with E-state index in [2.05, 4.69) is 26.2 Å². The molecule has 0 spiro atoms. The van der Waals surface area contributed by atoms with E-state index in [4.69, 9.17) is 16.0 Å². The summed E-state index contributed by atoms with van der Waals surface area (Å²) >= 11 is 9.56. The molecule has 0 aliphatic carbocycles. The molecule has 5 heteroatoms. The molecule has 2 aromatic rings. The lowest BCUT2D eigenvalue weighted by Gasteiger charge is -2.07. The maximum absolute atomic E-state index is 6.18. The monoisotopic (exact) mass is 328 g/mol. The lowest BCUT2D eigenvalue weighted by atomic mass is 10.2. The smallest absolute Gasteiger partial charge is 0.211 e. The molecule has 1 heterocycles. The van der Waals surface area contributed by atoms with Gasteiger partial charge in [-0.3, -0.25) is 0 Å². The number of hydrogen-bond donors (Lipinski definition) is 1. The zero-order chi connectivity index (χ0) is 13.1. The lowest BCUT2D eigenvalue weighted by molar-refractivity contribution is 0.429. The van der Waals surface area contributed by atoms with Crippen LogP contribution in [0.15, 0.2) is 33.3 Å². The summed E-state index contributed by atoms with van der Waals surface area (Å²) in [5, 5.41) is 3.90. The van der Waals surface area contributed by atoms with Crippen LogP contribution in [0.4, 0.5) is 0 Å². The highest BCUT2D eigenvalue weighted by molar-refractivity contribution is 9.10. The highest BCUT2D eigenvalue weighted by atomic mass is 79.9. The first-order valence-corrected chi connectivity index (χ1v) is 6.93. The highest BCUT2D eigenvalue weighted by Crippen LogP contribution is 2.31. The van der Waals surface area contributed by atoms with E-state index in [9.17, 15) is 0 Å². The molecule has 0 bridgehead atoms. The third-order valence-electron chi connectivity index (χ3n) is 2.60. The van der Waals surface area contributed by atoms with Gasteiger partial charge in [0, 0.05) is 10.0 Å². The third-order valence-corrected chi connectivity index (χ3v) is 3.41. The summed E-state index contributed by atoms with van der Waals surface area (Å²) in [6.07, 6.45) is 1.71. The van der Waals surface area contributed by atoms with Gasteiger partial charge in [-0.05, 0) is 31.7 Å². The zero-order valence-corrected chi connectivity index (χ0v) is 12.5. The van der Waals surface area contributed by atoms with E-state index in [1.165, 1.54) is 0 Å². The van der Waals surface area contributed by atoms with E-state index in [0.29, 0.717) is 16.7 Å². The minimum Gasteiger partial charge on any atom is -0.439 e. The van der Waals surface area contributed by atoms with Crippen LogP contribution in [0.5, 0.6) is 0 Å². The Bertz CT molecular complexity index is 542. The number of halogens is 2. The normalized spacial score (nSPS) is 12.7. The Morgan fingerprint density at radius 2 is 2.28 bits per heavy atom. The molecule has 2 rings (SSSR count). The number of rotatable bonds is 4. The van der Waals surface area contributed by atoms with Crippen molar-refractivity contribution in [3.05, 3.63) is 39.8 Å². The van der Waals surface area contributed by atoms with Gasteiger partial charge in [0.1, 0.15) is 0 Å². The molecular weight excluding hydrogens is 316 g/mol. The summed E-state index contributed by atoms with van der Waals surface area (Å²) in [4.78, 5) is 4.28. The number of hydrogen-bond acceptors (Lipinski definition) is 3. The van der Waals surface area contributed by atoms with Crippen LogP contribution in [0, 0.1) is 0 Å². The number of nitrogens with zero attached hydrogens (tertiary/aromatic N) is 1. The summed E-state index contributed by atoms with van der Waals surface area (Å²) in [5.41, 5.74) is 0.849. The molecule has 0 saturated heterocycles. The highest BCUT2D eigenvalue weighted by Gasteiger charge is 2.14. The predicted molar refractivity (Wildman–Crippen MR) is 76.7 cm³/mol. The van der Waals surface area contributed by atoms with E-state index < -0.39 is 0 Å². The third kappa shape index (κ3) is 2.94. The van der Waals surface area contributed by atoms with Crippen molar-refractivity contribution in [2.45, 2.75) is 19.9 Å². The van der Waals surface area contributed by atoms with Crippen LogP contribution in [0.1, 0.15) is 25.8 Å². The van der Waals surface area contributed by atoms with Crippen LogP contribution in [-0.2, 0) is 0 Å². The second-order valence-corrected chi connectivity index (χ2v) is 5.29. The fourth-order valence-electron chi connectivity index (χ4n) is 1.70. The van der Waals surface area contributed by atoms with Crippen LogP contribution in [0.25, 0.3) is 11.3 Å². The molecule has 1 aromatic heterocycles. The summed E-state index contributed by atoms with van der Waals surface area (Å²) in [5.74, 6) is 1.36. The minimum absolute atomic E-state index is 0.0953. The summed E-state index contributed by atoms with van der Waals surface area (Å²) in [7, 11) is 0. The molecule has 3 nitrogen and oxygen atoms in total. The molecule has 1 N–H and O–H groups in total. The SMILES string of the molecule is CCNC(C)c1ncc(-c2ccc(Br)cc2Cl)o1. The Balaban J connectivity index is 2.29. The Hall–Kier alpha value is -0.840. The average molecular weight is 330 g/mol. The fourth-order valence-corrected chi connectivity index (χ4v) is 2.46. The van der Waals surface area contributed by atoms with Crippen molar-refractivity contribution in [1.29, 1.82) is 0 Å². The van der Waals surface area contributed by atoms with Crippen LogP contribution < -0.4 is 5.32 Å². The van der Waals surface area contributed by atoms with Gasteiger partial charge >= 0.3 is 0 Å². The topological polar surface area (TPSA) is 38.1 Å². The van der Waals surface area contributed by atoms with Crippen molar-refractivity contribution in [2.24, 2.45) is 0 Å². The molecule has 0 radical (unpaired) electrons. The van der Waals surface area contributed by atoms with Crippen LogP contribution in [0.2, 0.25) is 5.02 Å². The zero-order valence-electron chi connectivity index (χ0n) is 10.2. The van der Waals surface area contributed by atoms with E-state index in [-0.39, 0.29) is 6.04 Å². The van der Waals surface area contributed by atoms with Gasteiger partial charge in [0.2, 0.25) is 5.89 Å². The first kappa shape index (κ1) is 13.6. The van der Waals surface area contributed by atoms with Gasteiger partial charge in [-0.2, -0.15) is 0 Å². The molecule has 1 atom stereocenters. The average Bonchev–Trinajstić information content (AvgIpc) is 2.78. The first-order valence-electron chi connectivity index (χ1n) is 5.76. The first-order chi connectivity index (χ1) is 8.61. The van der Waals surface area contributed by atoms with E-state index in [1.807, 2.05) is 32.0 Å². The molecule has 0 saturated carbocycles. The molecular formula is C13H14BrClN2O. The Kier molecular flexibility index (Phi) is 4.43. The van der Waals surface area contributed by atoms with Gasteiger partial charge in [0.15, 0.2) is 5.76 Å². The molecule has 0 fully saturated rings. The minimum atomic E-state index is 0.0953. The van der Waals surface area contributed by atoms with Crippen LogP contribution in [-0.4, -0.2) is 11.5 Å². The van der Waals surface area contributed by atoms with Crippen molar-refractivity contribution in [3.63, 3.8) is 0 Å². The molecule has 96 valence electrons. The molecule has 1 unspecified atom stereocenters. The number of benzene rings is 1. The fraction of sp³-hybridized carbons (Fsp3) is 0.308. The number of aromatic nitrogens is 1. The van der Waals surface area contributed by atoms with E-state index >= 15 is 0 Å². The van der Waals surface area contributed by atoms with Gasteiger partial charge in [-0.1, -0.05) is 34.5 Å².